The molecule has 25 heavy (non-hydrogen) atoms. The van der Waals surface area contributed by atoms with E-state index in [0.717, 1.165) is 5.39 Å². The molecule has 0 radical (unpaired) electrons. The Morgan fingerprint density at radius 2 is 2.08 bits per heavy atom. The Morgan fingerprint density at radius 1 is 1.24 bits per heavy atom. The van der Waals surface area contributed by atoms with Gasteiger partial charge in [0.25, 0.3) is 5.91 Å². The first-order chi connectivity index (χ1) is 12.2. The van der Waals surface area contributed by atoms with Gasteiger partial charge in [-0.1, -0.05) is 30.3 Å². The molecule has 0 saturated carbocycles. The van der Waals surface area contributed by atoms with Crippen LogP contribution in [0, 0.1) is 5.82 Å². The lowest BCUT2D eigenvalue weighted by Gasteiger charge is -2.04. The number of methoxy groups -OCH3 is 1. The van der Waals surface area contributed by atoms with E-state index in [9.17, 15) is 9.18 Å². The highest BCUT2D eigenvalue weighted by molar-refractivity contribution is 7.98. The Bertz CT molecular complexity index is 878. The molecule has 4 nitrogen and oxygen atoms in total. The normalized spacial score (nSPS) is 10.8. The van der Waals surface area contributed by atoms with Gasteiger partial charge in [0.15, 0.2) is 17.1 Å². The van der Waals surface area contributed by atoms with E-state index in [1.54, 1.807) is 43.1 Å². The molecular weight excluding hydrogens is 341 g/mol. The zero-order valence-corrected chi connectivity index (χ0v) is 14.6. The Morgan fingerprint density at radius 3 is 2.88 bits per heavy atom. The molecule has 0 aliphatic carbocycles. The van der Waals surface area contributed by atoms with Gasteiger partial charge < -0.3 is 14.5 Å². The van der Waals surface area contributed by atoms with Crippen LogP contribution in [0.25, 0.3) is 11.0 Å². The predicted octanol–water partition coefficient (Wildman–Crippen LogP) is 4.24. The number of amides is 1. The molecule has 0 bridgehead atoms. The van der Waals surface area contributed by atoms with Gasteiger partial charge in [0.1, 0.15) is 5.82 Å². The number of hydrogen-bond donors (Lipinski definition) is 1. The van der Waals surface area contributed by atoms with Gasteiger partial charge in [-0.15, -0.1) is 0 Å². The van der Waals surface area contributed by atoms with Crippen molar-refractivity contribution in [2.45, 2.75) is 5.75 Å². The molecule has 3 rings (SSSR count). The lowest BCUT2D eigenvalue weighted by Crippen LogP contribution is -2.25. The largest absolute Gasteiger partial charge is 0.493 e. The first kappa shape index (κ1) is 17.4. The number of carbonyl (C=O) groups is 1. The Kier molecular flexibility index (Phi) is 5.60. The van der Waals surface area contributed by atoms with Crippen molar-refractivity contribution in [2.24, 2.45) is 0 Å². The van der Waals surface area contributed by atoms with Gasteiger partial charge in [0, 0.05) is 23.4 Å². The van der Waals surface area contributed by atoms with Crippen LogP contribution < -0.4 is 10.1 Å². The zero-order chi connectivity index (χ0) is 17.6. The van der Waals surface area contributed by atoms with E-state index >= 15 is 0 Å². The van der Waals surface area contributed by atoms with Crippen molar-refractivity contribution >= 4 is 28.6 Å². The van der Waals surface area contributed by atoms with Crippen molar-refractivity contribution in [1.82, 2.24) is 5.32 Å². The number of para-hydroxylation sites is 1. The summed E-state index contributed by atoms with van der Waals surface area (Å²) in [6, 6.07) is 13.9. The molecule has 0 atom stereocenters. The second-order valence-electron chi connectivity index (χ2n) is 5.39. The SMILES string of the molecule is COc1cccc2cc(C(=O)NCCSCc3ccccc3F)oc12. The fourth-order valence-electron chi connectivity index (χ4n) is 2.43. The molecule has 0 aliphatic rings. The second-order valence-corrected chi connectivity index (χ2v) is 6.49. The smallest absolute Gasteiger partial charge is 0.287 e. The number of nitrogens with one attached hydrogen (secondary N) is 1. The van der Waals surface area contributed by atoms with E-state index in [-0.39, 0.29) is 17.5 Å². The van der Waals surface area contributed by atoms with Crippen molar-refractivity contribution in [2.75, 3.05) is 19.4 Å². The summed E-state index contributed by atoms with van der Waals surface area (Å²) in [6.07, 6.45) is 0. The van der Waals surface area contributed by atoms with Crippen LogP contribution in [0.4, 0.5) is 4.39 Å². The maximum atomic E-state index is 13.5. The van der Waals surface area contributed by atoms with Crippen LogP contribution in [0.1, 0.15) is 16.1 Å². The standard InChI is InChI=1S/C19H18FNO3S/c1-23-16-8-4-6-13-11-17(24-18(13)16)19(22)21-9-10-25-12-14-5-2-3-7-15(14)20/h2-8,11H,9-10,12H2,1H3,(H,21,22). The lowest BCUT2D eigenvalue weighted by atomic mass is 10.2. The molecule has 0 unspecified atom stereocenters. The summed E-state index contributed by atoms with van der Waals surface area (Å²) in [7, 11) is 1.56. The summed E-state index contributed by atoms with van der Waals surface area (Å²) in [6.45, 7) is 0.478. The van der Waals surface area contributed by atoms with E-state index in [1.165, 1.54) is 6.07 Å². The minimum Gasteiger partial charge on any atom is -0.493 e. The van der Waals surface area contributed by atoms with Gasteiger partial charge in [-0.3, -0.25) is 4.79 Å². The third kappa shape index (κ3) is 4.14. The van der Waals surface area contributed by atoms with Crippen molar-refractivity contribution in [1.29, 1.82) is 0 Å². The Balaban J connectivity index is 1.50. The number of ether oxygens (including phenoxy) is 1. The summed E-state index contributed by atoms with van der Waals surface area (Å²) in [5, 5.41) is 3.63. The third-order valence-electron chi connectivity index (χ3n) is 3.70. The van der Waals surface area contributed by atoms with E-state index in [0.29, 0.717) is 34.9 Å². The van der Waals surface area contributed by atoms with Crippen molar-refractivity contribution < 1.29 is 18.3 Å². The fraction of sp³-hybridized carbons (Fsp3) is 0.211. The third-order valence-corrected chi connectivity index (χ3v) is 4.71. The van der Waals surface area contributed by atoms with Gasteiger partial charge >= 0.3 is 0 Å². The van der Waals surface area contributed by atoms with Gasteiger partial charge in [-0.2, -0.15) is 11.8 Å². The number of fused-ring (bicyclic) bond motifs is 1. The molecule has 1 N–H and O–H groups in total. The summed E-state index contributed by atoms with van der Waals surface area (Å²) < 4.78 is 24.3. The van der Waals surface area contributed by atoms with Crippen LogP contribution in [0.2, 0.25) is 0 Å². The molecule has 0 spiro atoms. The molecular formula is C19H18FNO3S. The number of rotatable bonds is 7. The molecule has 130 valence electrons. The number of benzene rings is 2. The van der Waals surface area contributed by atoms with E-state index in [4.69, 9.17) is 9.15 Å². The van der Waals surface area contributed by atoms with E-state index < -0.39 is 0 Å². The van der Waals surface area contributed by atoms with Crippen molar-refractivity contribution in [3.05, 3.63) is 65.7 Å². The fourth-order valence-corrected chi connectivity index (χ4v) is 3.28. The van der Waals surface area contributed by atoms with Crippen LogP contribution in [0.5, 0.6) is 5.75 Å². The summed E-state index contributed by atoms with van der Waals surface area (Å²) in [5.41, 5.74) is 1.23. The number of thioether (sulfide) groups is 1. The highest BCUT2D eigenvalue weighted by atomic mass is 32.2. The van der Waals surface area contributed by atoms with Crippen LogP contribution in [-0.2, 0) is 5.75 Å². The minimum absolute atomic E-state index is 0.199. The van der Waals surface area contributed by atoms with Gasteiger partial charge in [0.2, 0.25) is 0 Å². The Labute approximate surface area is 149 Å². The average Bonchev–Trinajstić information content (AvgIpc) is 3.07. The molecule has 1 heterocycles. The minimum atomic E-state index is -0.273. The molecule has 2 aromatic carbocycles. The number of furan rings is 1. The Hall–Kier alpha value is -2.47. The number of carbonyl (C=O) groups excluding carboxylic acids is 1. The molecule has 0 fully saturated rings. The highest BCUT2D eigenvalue weighted by Gasteiger charge is 2.14. The lowest BCUT2D eigenvalue weighted by molar-refractivity contribution is 0.0930. The predicted molar refractivity (Wildman–Crippen MR) is 97.7 cm³/mol. The van der Waals surface area contributed by atoms with Crippen LogP contribution in [-0.4, -0.2) is 25.3 Å². The molecule has 1 amide bonds. The summed E-state index contributed by atoms with van der Waals surface area (Å²) in [5.74, 6) is 1.63. The molecule has 0 saturated heterocycles. The first-order valence-corrected chi connectivity index (χ1v) is 9.00. The van der Waals surface area contributed by atoms with Gasteiger partial charge in [-0.25, -0.2) is 4.39 Å². The topological polar surface area (TPSA) is 51.5 Å². The first-order valence-electron chi connectivity index (χ1n) is 7.85. The summed E-state index contributed by atoms with van der Waals surface area (Å²) >= 11 is 1.56. The second kappa shape index (κ2) is 8.07. The van der Waals surface area contributed by atoms with Gasteiger partial charge in [0.05, 0.1) is 7.11 Å². The number of halogens is 1. The van der Waals surface area contributed by atoms with E-state index in [2.05, 4.69) is 5.32 Å². The van der Waals surface area contributed by atoms with Crippen LogP contribution in [0.3, 0.4) is 0 Å². The highest BCUT2D eigenvalue weighted by Crippen LogP contribution is 2.28. The molecule has 6 heteroatoms. The van der Waals surface area contributed by atoms with Crippen LogP contribution >= 0.6 is 11.8 Å². The zero-order valence-electron chi connectivity index (χ0n) is 13.8. The van der Waals surface area contributed by atoms with Crippen molar-refractivity contribution in [3.8, 4) is 5.75 Å². The van der Waals surface area contributed by atoms with Crippen molar-refractivity contribution in [3.63, 3.8) is 0 Å². The van der Waals surface area contributed by atoms with Crippen LogP contribution in [0.15, 0.2) is 52.9 Å². The average molecular weight is 359 g/mol. The molecule has 3 aromatic rings. The summed E-state index contributed by atoms with van der Waals surface area (Å²) in [4.78, 5) is 12.2. The molecule has 0 aliphatic heterocycles. The maximum Gasteiger partial charge on any atom is 0.287 e. The quantitative estimate of drug-likeness (QED) is 0.641. The number of hydrogen-bond acceptors (Lipinski definition) is 4. The maximum absolute atomic E-state index is 13.5. The monoisotopic (exact) mass is 359 g/mol. The molecule has 1 aromatic heterocycles. The van der Waals surface area contributed by atoms with Gasteiger partial charge in [-0.05, 0) is 23.8 Å². The van der Waals surface area contributed by atoms with E-state index in [1.807, 2.05) is 18.2 Å².